The molecular formula is C14H9FN2O. The summed E-state index contributed by atoms with van der Waals surface area (Å²) in [6.45, 7) is 0. The van der Waals surface area contributed by atoms with E-state index < -0.39 is 5.95 Å². The monoisotopic (exact) mass is 240 g/mol. The number of pyridine rings is 2. The molecule has 0 saturated carbocycles. The van der Waals surface area contributed by atoms with Gasteiger partial charge in [-0.15, -0.1) is 0 Å². The molecule has 2 aromatic heterocycles. The van der Waals surface area contributed by atoms with Gasteiger partial charge in [-0.05, 0) is 30.3 Å². The maximum atomic E-state index is 13.0. The molecule has 0 unspecified atom stereocenters. The minimum absolute atomic E-state index is 0.228. The first kappa shape index (κ1) is 10.7. The predicted molar refractivity (Wildman–Crippen MR) is 66.0 cm³/mol. The summed E-state index contributed by atoms with van der Waals surface area (Å²) in [6.07, 6.45) is 1.71. The van der Waals surface area contributed by atoms with Gasteiger partial charge in [0.05, 0.1) is 5.52 Å². The Hall–Kier alpha value is -2.49. The maximum Gasteiger partial charge on any atom is 0.221 e. The van der Waals surface area contributed by atoms with E-state index in [-0.39, 0.29) is 5.88 Å². The van der Waals surface area contributed by atoms with Gasteiger partial charge in [0, 0.05) is 17.6 Å². The zero-order valence-electron chi connectivity index (χ0n) is 9.38. The molecular weight excluding hydrogens is 231 g/mol. The number of hydrogen-bond donors (Lipinski definition) is 0. The van der Waals surface area contributed by atoms with Crippen LogP contribution in [-0.4, -0.2) is 9.97 Å². The summed E-state index contributed by atoms with van der Waals surface area (Å²) >= 11 is 0. The quantitative estimate of drug-likeness (QED) is 0.642. The van der Waals surface area contributed by atoms with Crippen LogP contribution >= 0.6 is 0 Å². The molecule has 0 amide bonds. The van der Waals surface area contributed by atoms with Crippen molar-refractivity contribution < 1.29 is 9.13 Å². The van der Waals surface area contributed by atoms with E-state index in [1.807, 2.05) is 24.3 Å². The summed E-state index contributed by atoms with van der Waals surface area (Å²) in [4.78, 5) is 7.89. The molecule has 0 aliphatic carbocycles. The van der Waals surface area contributed by atoms with Crippen LogP contribution in [0.25, 0.3) is 10.9 Å². The molecule has 0 aliphatic rings. The van der Waals surface area contributed by atoms with Crippen molar-refractivity contribution in [1.29, 1.82) is 0 Å². The van der Waals surface area contributed by atoms with Crippen LogP contribution in [0.3, 0.4) is 0 Å². The summed E-state index contributed by atoms with van der Waals surface area (Å²) in [6, 6.07) is 13.7. The van der Waals surface area contributed by atoms with Crippen LogP contribution in [0.4, 0.5) is 4.39 Å². The Balaban J connectivity index is 2.05. The summed E-state index contributed by atoms with van der Waals surface area (Å²) in [7, 11) is 0. The molecule has 2 heterocycles. The van der Waals surface area contributed by atoms with Crippen molar-refractivity contribution >= 4 is 10.9 Å². The maximum absolute atomic E-state index is 13.0. The number of nitrogens with zero attached hydrogens (tertiary/aromatic N) is 2. The minimum atomic E-state index is -0.564. The lowest BCUT2D eigenvalue weighted by Crippen LogP contribution is -1.91. The third-order valence-corrected chi connectivity index (χ3v) is 2.51. The fourth-order valence-corrected chi connectivity index (χ4v) is 1.72. The first-order valence-electron chi connectivity index (χ1n) is 5.47. The Morgan fingerprint density at radius 1 is 0.944 bits per heavy atom. The number of halogens is 1. The molecule has 1 aromatic carbocycles. The Morgan fingerprint density at radius 2 is 1.83 bits per heavy atom. The van der Waals surface area contributed by atoms with Crippen molar-refractivity contribution in [3.8, 4) is 11.6 Å². The van der Waals surface area contributed by atoms with Crippen LogP contribution in [0, 0.1) is 5.95 Å². The molecule has 0 bridgehead atoms. The van der Waals surface area contributed by atoms with Gasteiger partial charge < -0.3 is 4.74 Å². The highest BCUT2D eigenvalue weighted by atomic mass is 19.1. The second-order valence-corrected chi connectivity index (χ2v) is 3.73. The lowest BCUT2D eigenvalue weighted by Gasteiger charge is -2.07. The average Bonchev–Trinajstić information content (AvgIpc) is 2.39. The topological polar surface area (TPSA) is 35.0 Å². The smallest absolute Gasteiger partial charge is 0.221 e. The molecule has 18 heavy (non-hydrogen) atoms. The summed E-state index contributed by atoms with van der Waals surface area (Å²) < 4.78 is 18.6. The normalized spacial score (nSPS) is 10.5. The largest absolute Gasteiger partial charge is 0.438 e. The summed E-state index contributed by atoms with van der Waals surface area (Å²) in [5.41, 5.74) is 0.825. The third kappa shape index (κ3) is 2.00. The molecule has 0 spiro atoms. The van der Waals surface area contributed by atoms with Gasteiger partial charge in [-0.1, -0.05) is 12.1 Å². The van der Waals surface area contributed by atoms with Crippen molar-refractivity contribution in [2.75, 3.05) is 0 Å². The van der Waals surface area contributed by atoms with Crippen LogP contribution in [0.1, 0.15) is 0 Å². The standard InChI is InChI=1S/C14H9FN2O/c15-13-7-2-8-14(17-13)18-12-6-1-5-11-10(12)4-3-9-16-11/h1-9H. The van der Waals surface area contributed by atoms with Crippen molar-refractivity contribution in [2.45, 2.75) is 0 Å². The van der Waals surface area contributed by atoms with Gasteiger partial charge in [-0.2, -0.15) is 9.37 Å². The zero-order chi connectivity index (χ0) is 12.4. The lowest BCUT2D eigenvalue weighted by molar-refractivity contribution is 0.449. The molecule has 0 saturated heterocycles. The van der Waals surface area contributed by atoms with E-state index in [1.165, 1.54) is 6.07 Å². The van der Waals surface area contributed by atoms with Crippen molar-refractivity contribution in [3.05, 3.63) is 60.7 Å². The van der Waals surface area contributed by atoms with E-state index in [4.69, 9.17) is 4.74 Å². The van der Waals surface area contributed by atoms with Crippen LogP contribution in [0.5, 0.6) is 11.6 Å². The summed E-state index contributed by atoms with van der Waals surface area (Å²) in [5, 5.41) is 0.867. The molecule has 3 rings (SSSR count). The Kier molecular flexibility index (Phi) is 2.61. The van der Waals surface area contributed by atoms with Gasteiger partial charge in [0.1, 0.15) is 5.75 Å². The van der Waals surface area contributed by atoms with Crippen LogP contribution in [0.15, 0.2) is 54.7 Å². The van der Waals surface area contributed by atoms with E-state index in [9.17, 15) is 4.39 Å². The zero-order valence-corrected chi connectivity index (χ0v) is 9.38. The average molecular weight is 240 g/mol. The molecule has 3 nitrogen and oxygen atoms in total. The SMILES string of the molecule is Fc1cccc(Oc2cccc3ncccc23)n1. The highest BCUT2D eigenvalue weighted by Crippen LogP contribution is 2.27. The Labute approximate surface area is 103 Å². The first-order chi connectivity index (χ1) is 8.83. The van der Waals surface area contributed by atoms with E-state index in [2.05, 4.69) is 9.97 Å². The third-order valence-electron chi connectivity index (χ3n) is 2.51. The fraction of sp³-hybridized carbons (Fsp3) is 0. The first-order valence-corrected chi connectivity index (χ1v) is 5.47. The molecule has 0 atom stereocenters. The number of hydrogen-bond acceptors (Lipinski definition) is 3. The number of ether oxygens (including phenoxy) is 1. The lowest BCUT2D eigenvalue weighted by atomic mass is 10.2. The van der Waals surface area contributed by atoms with Crippen molar-refractivity contribution in [3.63, 3.8) is 0 Å². The molecule has 0 aliphatic heterocycles. The Bertz CT molecular complexity index is 695. The molecule has 4 heteroatoms. The molecule has 0 fully saturated rings. The van der Waals surface area contributed by atoms with E-state index in [1.54, 1.807) is 24.4 Å². The van der Waals surface area contributed by atoms with Crippen LogP contribution in [-0.2, 0) is 0 Å². The second-order valence-electron chi connectivity index (χ2n) is 3.73. The van der Waals surface area contributed by atoms with E-state index in [0.29, 0.717) is 5.75 Å². The van der Waals surface area contributed by atoms with Gasteiger partial charge in [0.2, 0.25) is 11.8 Å². The van der Waals surface area contributed by atoms with Gasteiger partial charge >= 0.3 is 0 Å². The highest BCUT2D eigenvalue weighted by molar-refractivity contribution is 5.85. The van der Waals surface area contributed by atoms with Crippen LogP contribution in [0.2, 0.25) is 0 Å². The Morgan fingerprint density at radius 3 is 2.72 bits per heavy atom. The molecule has 0 radical (unpaired) electrons. The number of fused-ring (bicyclic) bond motifs is 1. The van der Waals surface area contributed by atoms with Gasteiger partial charge in [-0.25, -0.2) is 0 Å². The molecule has 0 N–H and O–H groups in total. The number of rotatable bonds is 2. The van der Waals surface area contributed by atoms with Crippen molar-refractivity contribution in [1.82, 2.24) is 9.97 Å². The summed E-state index contributed by atoms with van der Waals surface area (Å²) in [5.74, 6) is 0.274. The van der Waals surface area contributed by atoms with Crippen LogP contribution < -0.4 is 4.74 Å². The molecule has 88 valence electrons. The predicted octanol–water partition coefficient (Wildman–Crippen LogP) is 3.56. The fourth-order valence-electron chi connectivity index (χ4n) is 1.72. The second kappa shape index (κ2) is 4.41. The van der Waals surface area contributed by atoms with E-state index >= 15 is 0 Å². The number of aromatic nitrogens is 2. The minimum Gasteiger partial charge on any atom is -0.438 e. The van der Waals surface area contributed by atoms with E-state index in [0.717, 1.165) is 10.9 Å². The van der Waals surface area contributed by atoms with Gasteiger partial charge in [-0.3, -0.25) is 4.98 Å². The molecule has 3 aromatic rings. The van der Waals surface area contributed by atoms with Gasteiger partial charge in [0.15, 0.2) is 0 Å². The van der Waals surface area contributed by atoms with Gasteiger partial charge in [0.25, 0.3) is 0 Å². The number of benzene rings is 1. The highest BCUT2D eigenvalue weighted by Gasteiger charge is 2.04. The van der Waals surface area contributed by atoms with Crippen molar-refractivity contribution in [2.24, 2.45) is 0 Å².